The van der Waals surface area contributed by atoms with E-state index in [2.05, 4.69) is 67.8 Å². The first-order valence-corrected chi connectivity index (χ1v) is 37.0. The van der Waals surface area contributed by atoms with E-state index >= 15 is 0 Å². The van der Waals surface area contributed by atoms with Crippen molar-refractivity contribution >= 4 is 5.91 Å². The van der Waals surface area contributed by atoms with Crippen molar-refractivity contribution in [1.82, 2.24) is 5.32 Å². The van der Waals surface area contributed by atoms with E-state index in [0.717, 1.165) is 51.4 Å². The van der Waals surface area contributed by atoms with Gasteiger partial charge in [-0.05, 0) is 89.9 Å². The molecule has 5 N–H and O–H groups in total. The SMILES string of the molecule is CCCCCCCCCCCCCCCCCC/C=C\CCCCCCCCCCCCCCCCCCC(O)C(=O)NC(CO)C(O)C(O)CCC/C=C/CC/C=C/CC/C=C/CCCCCCCCCCCCCCCCCCC. The summed E-state index contributed by atoms with van der Waals surface area (Å²) in [4.78, 5) is 12.7. The highest BCUT2D eigenvalue weighted by Gasteiger charge is 2.28. The molecule has 0 aromatic heterocycles. The normalized spacial score (nSPS) is 13.7. The summed E-state index contributed by atoms with van der Waals surface area (Å²) in [6.45, 7) is 4.09. The molecule has 0 bridgehead atoms. The third-order valence-electron chi connectivity index (χ3n) is 17.5. The highest BCUT2D eigenvalue weighted by molar-refractivity contribution is 5.80. The Morgan fingerprint density at radius 1 is 0.293 bits per heavy atom. The number of rotatable bonds is 69. The molecule has 0 aliphatic carbocycles. The van der Waals surface area contributed by atoms with Crippen LogP contribution in [-0.4, -0.2) is 57.3 Å². The molecule has 0 aromatic carbocycles. The molecule has 0 radical (unpaired) electrons. The number of aliphatic hydroxyl groups is 4. The minimum absolute atomic E-state index is 0.360. The molecule has 0 saturated carbocycles. The van der Waals surface area contributed by atoms with Crippen LogP contribution in [0.1, 0.15) is 399 Å². The largest absolute Gasteiger partial charge is 0.394 e. The number of amides is 1. The Balaban J connectivity index is 3.59. The Morgan fingerprint density at radius 3 is 0.768 bits per heavy atom. The van der Waals surface area contributed by atoms with E-state index in [1.54, 1.807) is 0 Å². The second-order valence-electron chi connectivity index (χ2n) is 25.6. The molecule has 0 rings (SSSR count). The van der Waals surface area contributed by atoms with E-state index < -0.39 is 36.9 Å². The van der Waals surface area contributed by atoms with Crippen LogP contribution in [0.2, 0.25) is 0 Å². The van der Waals surface area contributed by atoms with Crippen molar-refractivity contribution in [3.05, 3.63) is 48.6 Å². The lowest BCUT2D eigenvalue weighted by Crippen LogP contribution is -2.53. The quantitative estimate of drug-likeness (QED) is 0.0308. The average Bonchev–Trinajstić information content (AvgIpc) is 3.49. The van der Waals surface area contributed by atoms with Crippen LogP contribution in [0.5, 0.6) is 0 Å². The van der Waals surface area contributed by atoms with Crippen LogP contribution >= 0.6 is 0 Å². The summed E-state index contributed by atoms with van der Waals surface area (Å²) in [5.41, 5.74) is 0. The summed E-state index contributed by atoms with van der Waals surface area (Å²) in [5, 5.41) is 44.2. The molecular weight excluding hydrogens is 1010 g/mol. The monoisotopic (exact) mass is 1150 g/mol. The number of unbranched alkanes of at least 4 members (excludes halogenated alkanes) is 52. The van der Waals surface area contributed by atoms with Crippen LogP contribution < -0.4 is 5.32 Å². The molecule has 0 spiro atoms. The number of carbonyl (C=O) groups is 1. The van der Waals surface area contributed by atoms with Gasteiger partial charge in [0, 0.05) is 0 Å². The second kappa shape index (κ2) is 70.0. The van der Waals surface area contributed by atoms with Crippen LogP contribution in [0.15, 0.2) is 48.6 Å². The smallest absolute Gasteiger partial charge is 0.249 e. The molecule has 4 unspecified atom stereocenters. The van der Waals surface area contributed by atoms with Gasteiger partial charge < -0.3 is 25.7 Å². The summed E-state index contributed by atoms with van der Waals surface area (Å²) in [6, 6.07) is -1.01. The summed E-state index contributed by atoms with van der Waals surface area (Å²) in [7, 11) is 0. The fourth-order valence-electron chi connectivity index (χ4n) is 11.7. The molecule has 0 fully saturated rings. The lowest BCUT2D eigenvalue weighted by Gasteiger charge is -2.27. The van der Waals surface area contributed by atoms with Crippen LogP contribution in [0.3, 0.4) is 0 Å². The molecule has 4 atom stereocenters. The Labute approximate surface area is 512 Å². The molecule has 484 valence electrons. The van der Waals surface area contributed by atoms with Gasteiger partial charge in [-0.15, -0.1) is 0 Å². The van der Waals surface area contributed by atoms with Gasteiger partial charge in [0.1, 0.15) is 12.2 Å². The Kier molecular flexibility index (Phi) is 68.6. The number of allylic oxidation sites excluding steroid dienone is 8. The fourth-order valence-corrected chi connectivity index (χ4v) is 11.7. The Bertz CT molecular complexity index is 1340. The molecule has 6 nitrogen and oxygen atoms in total. The Hall–Kier alpha value is -1.73. The van der Waals surface area contributed by atoms with Crippen LogP contribution in [0.4, 0.5) is 0 Å². The molecule has 0 aliphatic rings. The topological polar surface area (TPSA) is 110 Å². The highest BCUT2D eigenvalue weighted by atomic mass is 16.3. The van der Waals surface area contributed by atoms with E-state index in [9.17, 15) is 25.2 Å². The first-order valence-electron chi connectivity index (χ1n) is 37.0. The van der Waals surface area contributed by atoms with Gasteiger partial charge in [-0.2, -0.15) is 0 Å². The minimum atomic E-state index is -1.30. The van der Waals surface area contributed by atoms with Crippen molar-refractivity contribution in [3.8, 4) is 0 Å². The van der Waals surface area contributed by atoms with Gasteiger partial charge in [-0.1, -0.05) is 358 Å². The lowest BCUT2D eigenvalue weighted by molar-refractivity contribution is -0.132. The maximum atomic E-state index is 12.7. The molecule has 0 aromatic rings. The van der Waals surface area contributed by atoms with Crippen molar-refractivity contribution in [2.45, 2.75) is 423 Å². The summed E-state index contributed by atoms with van der Waals surface area (Å²) >= 11 is 0. The van der Waals surface area contributed by atoms with Crippen molar-refractivity contribution in [2.24, 2.45) is 0 Å². The molecule has 0 saturated heterocycles. The van der Waals surface area contributed by atoms with Gasteiger partial charge in [0.05, 0.1) is 18.8 Å². The number of hydrogen-bond donors (Lipinski definition) is 5. The molecular formula is C76H145NO5. The number of aliphatic hydroxyl groups excluding tert-OH is 4. The van der Waals surface area contributed by atoms with Gasteiger partial charge in [0.25, 0.3) is 0 Å². The van der Waals surface area contributed by atoms with Gasteiger partial charge >= 0.3 is 0 Å². The van der Waals surface area contributed by atoms with E-state index in [0.29, 0.717) is 19.3 Å². The van der Waals surface area contributed by atoms with Gasteiger partial charge in [0.15, 0.2) is 0 Å². The zero-order valence-corrected chi connectivity index (χ0v) is 55.3. The number of carbonyl (C=O) groups excluding carboxylic acids is 1. The average molecular weight is 1150 g/mol. The zero-order chi connectivity index (χ0) is 59.4. The van der Waals surface area contributed by atoms with Crippen LogP contribution in [0, 0.1) is 0 Å². The predicted molar refractivity (Wildman–Crippen MR) is 362 cm³/mol. The zero-order valence-electron chi connectivity index (χ0n) is 55.3. The summed E-state index contributed by atoms with van der Waals surface area (Å²) < 4.78 is 0. The highest BCUT2D eigenvalue weighted by Crippen LogP contribution is 2.19. The molecule has 82 heavy (non-hydrogen) atoms. The second-order valence-corrected chi connectivity index (χ2v) is 25.6. The van der Waals surface area contributed by atoms with Crippen molar-refractivity contribution in [1.29, 1.82) is 0 Å². The molecule has 6 heteroatoms. The summed E-state index contributed by atoms with van der Waals surface area (Å²) in [6.07, 6.45) is 92.6. The lowest BCUT2D eigenvalue weighted by atomic mass is 10.00. The third kappa shape index (κ3) is 62.8. The van der Waals surface area contributed by atoms with Gasteiger partial charge in [0.2, 0.25) is 5.91 Å². The first-order chi connectivity index (χ1) is 40.5. The number of nitrogens with one attached hydrogen (secondary N) is 1. The maximum Gasteiger partial charge on any atom is 0.249 e. The molecule has 0 aliphatic heterocycles. The van der Waals surface area contributed by atoms with Crippen LogP contribution in [0.25, 0.3) is 0 Å². The number of hydrogen-bond acceptors (Lipinski definition) is 5. The third-order valence-corrected chi connectivity index (χ3v) is 17.5. The maximum absolute atomic E-state index is 12.7. The predicted octanol–water partition coefficient (Wildman–Crippen LogP) is 23.2. The fraction of sp³-hybridized carbons (Fsp3) is 0.882. The van der Waals surface area contributed by atoms with Gasteiger partial charge in [-0.25, -0.2) is 0 Å². The minimum Gasteiger partial charge on any atom is -0.394 e. The van der Waals surface area contributed by atoms with E-state index in [-0.39, 0.29) is 0 Å². The van der Waals surface area contributed by atoms with Crippen molar-refractivity contribution in [2.75, 3.05) is 6.61 Å². The van der Waals surface area contributed by atoms with Gasteiger partial charge in [-0.3, -0.25) is 4.79 Å². The van der Waals surface area contributed by atoms with E-state index in [1.807, 2.05) is 0 Å². The molecule has 1 amide bonds. The van der Waals surface area contributed by atoms with E-state index in [4.69, 9.17) is 0 Å². The van der Waals surface area contributed by atoms with Crippen molar-refractivity contribution in [3.63, 3.8) is 0 Å². The van der Waals surface area contributed by atoms with E-state index in [1.165, 1.54) is 315 Å². The first kappa shape index (κ1) is 80.3. The standard InChI is InChI=1S/C76H145NO5/c1-3-5-7-9-11-13-15-17-19-21-23-25-27-29-31-33-35-36-37-38-39-40-42-44-46-48-50-52-54-56-58-60-62-64-66-68-70-74(80)76(82)77-72(71-78)75(81)73(79)69-67-65-63-61-59-57-55-53-51-49-47-45-43-41-34-32-30-28-26-24-22-20-18-16-14-12-10-8-6-4-2/h36-37,45,47,53,55,61,63,72-75,78-81H,3-35,38-44,46,48-52,54,56-60,62,64-71H2,1-2H3,(H,77,82)/b37-36-,47-45+,55-53+,63-61+. The van der Waals surface area contributed by atoms with Crippen LogP contribution in [-0.2, 0) is 4.79 Å². The van der Waals surface area contributed by atoms with Crippen molar-refractivity contribution < 1.29 is 25.2 Å². The Morgan fingerprint density at radius 2 is 0.512 bits per heavy atom. The summed E-state index contributed by atoms with van der Waals surface area (Å²) in [5.74, 6) is -0.594. The molecule has 0 heterocycles.